The molecule has 3 heteroatoms. The fourth-order valence-corrected chi connectivity index (χ4v) is 2.27. The van der Waals surface area contributed by atoms with Gasteiger partial charge in [0.05, 0.1) is 0 Å². The van der Waals surface area contributed by atoms with E-state index in [1.807, 2.05) is 11.9 Å². The summed E-state index contributed by atoms with van der Waals surface area (Å²) >= 11 is 0. The van der Waals surface area contributed by atoms with Crippen LogP contribution in [0, 0.1) is 11.8 Å². The molecule has 1 unspecified atom stereocenters. The maximum Gasteiger partial charge on any atom is 0.222 e. The number of rotatable bonds is 6. The van der Waals surface area contributed by atoms with Crippen LogP contribution in [0.3, 0.4) is 0 Å². The molecule has 0 aliphatic carbocycles. The first-order chi connectivity index (χ1) is 8.09. The average molecular weight is 240 g/mol. The van der Waals surface area contributed by atoms with Crippen molar-refractivity contribution in [2.75, 3.05) is 26.7 Å². The minimum atomic E-state index is 0.316. The topological polar surface area (TPSA) is 32.3 Å². The van der Waals surface area contributed by atoms with Crippen molar-refractivity contribution in [3.8, 4) is 0 Å². The summed E-state index contributed by atoms with van der Waals surface area (Å²) in [6.45, 7) is 7.55. The van der Waals surface area contributed by atoms with Gasteiger partial charge >= 0.3 is 0 Å². The summed E-state index contributed by atoms with van der Waals surface area (Å²) in [4.78, 5) is 13.8. The van der Waals surface area contributed by atoms with Gasteiger partial charge in [0.15, 0.2) is 0 Å². The minimum Gasteiger partial charge on any atom is -0.346 e. The van der Waals surface area contributed by atoms with Crippen LogP contribution in [0.25, 0.3) is 0 Å². The minimum absolute atomic E-state index is 0.316. The van der Waals surface area contributed by atoms with E-state index < -0.39 is 0 Å². The predicted octanol–water partition coefficient (Wildman–Crippen LogP) is 2.27. The molecule has 0 bridgehead atoms. The van der Waals surface area contributed by atoms with Crippen LogP contribution in [-0.4, -0.2) is 37.5 Å². The lowest BCUT2D eigenvalue weighted by Crippen LogP contribution is -2.32. The summed E-state index contributed by atoms with van der Waals surface area (Å²) in [6.07, 6.45) is 5.43. The second-order valence-electron chi connectivity index (χ2n) is 5.75. The van der Waals surface area contributed by atoms with E-state index in [9.17, 15) is 4.79 Å². The zero-order valence-corrected chi connectivity index (χ0v) is 11.7. The molecule has 0 aromatic rings. The van der Waals surface area contributed by atoms with Crippen LogP contribution in [0.2, 0.25) is 0 Å². The van der Waals surface area contributed by atoms with Gasteiger partial charge in [-0.15, -0.1) is 0 Å². The Labute approximate surface area is 106 Å². The Morgan fingerprint density at radius 2 is 2.24 bits per heavy atom. The van der Waals surface area contributed by atoms with E-state index in [2.05, 4.69) is 19.2 Å². The van der Waals surface area contributed by atoms with Crippen molar-refractivity contribution in [3.63, 3.8) is 0 Å². The molecule has 1 aliphatic heterocycles. The first-order valence-electron chi connectivity index (χ1n) is 7.04. The Hall–Kier alpha value is -0.570. The number of nitrogens with one attached hydrogen (secondary N) is 1. The molecule has 1 amide bonds. The normalized spacial score (nSPS) is 20.6. The van der Waals surface area contributed by atoms with Crippen molar-refractivity contribution in [3.05, 3.63) is 0 Å². The quantitative estimate of drug-likeness (QED) is 0.772. The molecular formula is C14H28N2O. The number of hydrogen-bond acceptors (Lipinski definition) is 2. The highest BCUT2D eigenvalue weighted by molar-refractivity contribution is 5.75. The molecule has 0 saturated carbocycles. The third kappa shape index (κ3) is 6.06. The molecule has 100 valence electrons. The van der Waals surface area contributed by atoms with Crippen LogP contribution < -0.4 is 5.32 Å². The van der Waals surface area contributed by atoms with Gasteiger partial charge in [-0.3, -0.25) is 4.79 Å². The Morgan fingerprint density at radius 3 is 2.82 bits per heavy atom. The van der Waals surface area contributed by atoms with E-state index in [4.69, 9.17) is 0 Å². The molecule has 1 atom stereocenters. The zero-order chi connectivity index (χ0) is 12.7. The summed E-state index contributed by atoms with van der Waals surface area (Å²) in [7, 11) is 1.93. The number of piperidine rings is 1. The Bertz CT molecular complexity index is 222. The SMILES string of the molecule is CC(C)CCN(C)C(=O)CCC1CCCNC1. The van der Waals surface area contributed by atoms with E-state index >= 15 is 0 Å². The molecule has 1 heterocycles. The molecule has 1 rings (SSSR count). The first kappa shape index (κ1) is 14.5. The van der Waals surface area contributed by atoms with Crippen molar-refractivity contribution in [2.45, 2.75) is 46.0 Å². The lowest BCUT2D eigenvalue weighted by atomic mass is 9.94. The van der Waals surface area contributed by atoms with E-state index in [-0.39, 0.29) is 0 Å². The molecule has 0 spiro atoms. The van der Waals surface area contributed by atoms with Crippen molar-refractivity contribution in [1.82, 2.24) is 10.2 Å². The van der Waals surface area contributed by atoms with Crippen LogP contribution in [0.15, 0.2) is 0 Å². The van der Waals surface area contributed by atoms with Crippen molar-refractivity contribution in [1.29, 1.82) is 0 Å². The number of carbonyl (C=O) groups excluding carboxylic acids is 1. The molecule has 0 aromatic carbocycles. The highest BCUT2D eigenvalue weighted by atomic mass is 16.2. The van der Waals surface area contributed by atoms with Crippen LogP contribution in [0.5, 0.6) is 0 Å². The van der Waals surface area contributed by atoms with Gasteiger partial charge in [0.1, 0.15) is 0 Å². The molecular weight excluding hydrogens is 212 g/mol. The fourth-order valence-electron chi connectivity index (χ4n) is 2.27. The maximum atomic E-state index is 11.9. The average Bonchev–Trinajstić information content (AvgIpc) is 2.34. The van der Waals surface area contributed by atoms with Gasteiger partial charge in [0, 0.05) is 20.0 Å². The molecule has 3 nitrogen and oxygen atoms in total. The van der Waals surface area contributed by atoms with E-state index in [0.717, 1.165) is 38.9 Å². The monoisotopic (exact) mass is 240 g/mol. The van der Waals surface area contributed by atoms with Gasteiger partial charge in [0.2, 0.25) is 5.91 Å². The summed E-state index contributed by atoms with van der Waals surface area (Å²) in [5, 5.41) is 3.40. The molecule has 1 fully saturated rings. The Morgan fingerprint density at radius 1 is 1.47 bits per heavy atom. The molecule has 1 N–H and O–H groups in total. The predicted molar refractivity (Wildman–Crippen MR) is 71.9 cm³/mol. The number of amides is 1. The van der Waals surface area contributed by atoms with Crippen LogP contribution in [0.4, 0.5) is 0 Å². The molecule has 1 saturated heterocycles. The standard InChI is InChI=1S/C14H28N2O/c1-12(2)8-10-16(3)14(17)7-6-13-5-4-9-15-11-13/h12-13,15H,4-11H2,1-3H3. The number of carbonyl (C=O) groups is 1. The van der Waals surface area contributed by atoms with Gasteiger partial charge in [-0.25, -0.2) is 0 Å². The molecule has 17 heavy (non-hydrogen) atoms. The summed E-state index contributed by atoms with van der Waals surface area (Å²) in [5.74, 6) is 1.70. The highest BCUT2D eigenvalue weighted by Crippen LogP contribution is 2.16. The fraction of sp³-hybridized carbons (Fsp3) is 0.929. The van der Waals surface area contributed by atoms with Crippen molar-refractivity contribution in [2.24, 2.45) is 11.8 Å². The van der Waals surface area contributed by atoms with Crippen LogP contribution >= 0.6 is 0 Å². The smallest absolute Gasteiger partial charge is 0.222 e. The zero-order valence-electron chi connectivity index (χ0n) is 11.7. The number of hydrogen-bond donors (Lipinski definition) is 1. The van der Waals surface area contributed by atoms with E-state index in [0.29, 0.717) is 17.7 Å². The van der Waals surface area contributed by atoms with Crippen LogP contribution in [0.1, 0.15) is 46.0 Å². The van der Waals surface area contributed by atoms with E-state index in [1.54, 1.807) is 0 Å². The largest absolute Gasteiger partial charge is 0.346 e. The van der Waals surface area contributed by atoms with Crippen molar-refractivity contribution < 1.29 is 4.79 Å². The summed E-state index contributed by atoms with van der Waals surface area (Å²) in [6, 6.07) is 0. The van der Waals surface area contributed by atoms with Gasteiger partial charge in [-0.05, 0) is 50.6 Å². The van der Waals surface area contributed by atoms with Gasteiger partial charge in [-0.2, -0.15) is 0 Å². The lowest BCUT2D eigenvalue weighted by molar-refractivity contribution is -0.130. The first-order valence-corrected chi connectivity index (χ1v) is 7.04. The molecule has 0 radical (unpaired) electrons. The summed E-state index contributed by atoms with van der Waals surface area (Å²) in [5.41, 5.74) is 0. The Balaban J connectivity index is 2.14. The van der Waals surface area contributed by atoms with Gasteiger partial charge in [0.25, 0.3) is 0 Å². The highest BCUT2D eigenvalue weighted by Gasteiger charge is 2.16. The molecule has 0 aromatic heterocycles. The van der Waals surface area contributed by atoms with Gasteiger partial charge in [-0.1, -0.05) is 13.8 Å². The second-order valence-corrected chi connectivity index (χ2v) is 5.75. The van der Waals surface area contributed by atoms with Gasteiger partial charge < -0.3 is 10.2 Å². The third-order valence-electron chi connectivity index (χ3n) is 3.63. The second kappa shape index (κ2) is 7.70. The maximum absolute atomic E-state index is 11.9. The third-order valence-corrected chi connectivity index (χ3v) is 3.63. The van der Waals surface area contributed by atoms with Crippen LogP contribution in [-0.2, 0) is 4.79 Å². The number of nitrogens with zero attached hydrogens (tertiary/aromatic N) is 1. The Kier molecular flexibility index (Phi) is 6.56. The van der Waals surface area contributed by atoms with Crippen molar-refractivity contribution >= 4 is 5.91 Å². The van der Waals surface area contributed by atoms with E-state index in [1.165, 1.54) is 12.8 Å². The lowest BCUT2D eigenvalue weighted by Gasteiger charge is -2.24. The summed E-state index contributed by atoms with van der Waals surface area (Å²) < 4.78 is 0. The molecule has 1 aliphatic rings.